The SMILES string of the molecule is O=C(C1CCC1)N1C2CCC1CC(O)C2. The van der Waals surface area contributed by atoms with E-state index in [1.165, 1.54) is 6.42 Å². The van der Waals surface area contributed by atoms with Gasteiger partial charge in [0, 0.05) is 18.0 Å². The number of carbonyl (C=O) groups excluding carboxylic acids is 1. The summed E-state index contributed by atoms with van der Waals surface area (Å²) < 4.78 is 0. The molecule has 1 N–H and O–H groups in total. The molecule has 0 spiro atoms. The minimum atomic E-state index is -0.159. The first kappa shape index (κ1) is 9.64. The van der Waals surface area contributed by atoms with Gasteiger partial charge in [-0.05, 0) is 38.5 Å². The van der Waals surface area contributed by atoms with Crippen molar-refractivity contribution in [1.29, 1.82) is 0 Å². The molecule has 2 atom stereocenters. The molecule has 0 radical (unpaired) electrons. The zero-order chi connectivity index (χ0) is 10.4. The van der Waals surface area contributed by atoms with Gasteiger partial charge < -0.3 is 10.0 Å². The molecule has 15 heavy (non-hydrogen) atoms. The van der Waals surface area contributed by atoms with Crippen LogP contribution in [0.4, 0.5) is 0 Å². The molecule has 0 aromatic rings. The van der Waals surface area contributed by atoms with Crippen LogP contribution in [0.5, 0.6) is 0 Å². The summed E-state index contributed by atoms with van der Waals surface area (Å²) in [5, 5.41) is 9.66. The van der Waals surface area contributed by atoms with E-state index in [0.29, 0.717) is 23.9 Å². The van der Waals surface area contributed by atoms with E-state index in [0.717, 1.165) is 38.5 Å². The Bertz CT molecular complexity index is 261. The predicted molar refractivity (Wildman–Crippen MR) is 56.2 cm³/mol. The number of hydrogen-bond donors (Lipinski definition) is 1. The van der Waals surface area contributed by atoms with Crippen LogP contribution in [0.1, 0.15) is 44.9 Å². The third kappa shape index (κ3) is 1.48. The van der Waals surface area contributed by atoms with Crippen LogP contribution in [0.25, 0.3) is 0 Å². The highest BCUT2D eigenvalue weighted by Crippen LogP contribution is 2.39. The average molecular weight is 209 g/mol. The minimum absolute atomic E-state index is 0.159. The van der Waals surface area contributed by atoms with Crippen LogP contribution in [0.15, 0.2) is 0 Å². The molecule has 2 aliphatic heterocycles. The molecule has 0 aromatic carbocycles. The minimum Gasteiger partial charge on any atom is -0.393 e. The first-order chi connectivity index (χ1) is 7.25. The maximum Gasteiger partial charge on any atom is 0.226 e. The van der Waals surface area contributed by atoms with Crippen molar-refractivity contribution < 1.29 is 9.90 Å². The van der Waals surface area contributed by atoms with E-state index < -0.39 is 0 Å². The molecule has 84 valence electrons. The Labute approximate surface area is 90.5 Å². The van der Waals surface area contributed by atoms with Gasteiger partial charge in [0.25, 0.3) is 0 Å². The van der Waals surface area contributed by atoms with Gasteiger partial charge in [-0.25, -0.2) is 0 Å². The second-order valence-electron chi connectivity index (χ2n) is 5.38. The van der Waals surface area contributed by atoms with E-state index >= 15 is 0 Å². The van der Waals surface area contributed by atoms with Crippen LogP contribution in [0.2, 0.25) is 0 Å². The van der Waals surface area contributed by atoms with E-state index in [1.54, 1.807) is 0 Å². The third-order valence-corrected chi connectivity index (χ3v) is 4.42. The molecule has 2 bridgehead atoms. The molecule has 1 aliphatic carbocycles. The standard InChI is InChI=1S/C12H19NO2/c14-11-6-9-4-5-10(7-11)13(9)12(15)8-2-1-3-8/h8-11,14H,1-7H2. The van der Waals surface area contributed by atoms with Crippen molar-refractivity contribution in [3.8, 4) is 0 Å². The summed E-state index contributed by atoms with van der Waals surface area (Å²) in [4.78, 5) is 14.3. The van der Waals surface area contributed by atoms with Gasteiger partial charge in [-0.3, -0.25) is 4.79 Å². The topological polar surface area (TPSA) is 40.5 Å². The molecule has 0 aromatic heterocycles. The molecular weight excluding hydrogens is 190 g/mol. The Kier molecular flexibility index (Phi) is 2.23. The van der Waals surface area contributed by atoms with Gasteiger partial charge in [-0.1, -0.05) is 6.42 Å². The van der Waals surface area contributed by atoms with Gasteiger partial charge in [0.15, 0.2) is 0 Å². The number of aliphatic hydroxyl groups excluding tert-OH is 1. The quantitative estimate of drug-likeness (QED) is 0.707. The maximum absolute atomic E-state index is 12.2. The van der Waals surface area contributed by atoms with Crippen molar-refractivity contribution in [2.45, 2.75) is 63.1 Å². The largest absolute Gasteiger partial charge is 0.393 e. The number of aliphatic hydroxyl groups is 1. The van der Waals surface area contributed by atoms with Crippen molar-refractivity contribution in [1.82, 2.24) is 4.90 Å². The van der Waals surface area contributed by atoms with Crippen molar-refractivity contribution in [3.05, 3.63) is 0 Å². The highest BCUT2D eigenvalue weighted by atomic mass is 16.3. The Morgan fingerprint density at radius 1 is 1.07 bits per heavy atom. The van der Waals surface area contributed by atoms with Crippen molar-refractivity contribution in [2.75, 3.05) is 0 Å². The lowest BCUT2D eigenvalue weighted by atomic mass is 9.83. The summed E-state index contributed by atoms with van der Waals surface area (Å²) >= 11 is 0. The first-order valence-corrected chi connectivity index (χ1v) is 6.26. The Morgan fingerprint density at radius 3 is 2.13 bits per heavy atom. The number of fused-ring (bicyclic) bond motifs is 2. The zero-order valence-corrected chi connectivity index (χ0v) is 9.06. The summed E-state index contributed by atoms with van der Waals surface area (Å²) in [5.74, 6) is 0.712. The van der Waals surface area contributed by atoms with Gasteiger partial charge in [0.05, 0.1) is 6.10 Å². The van der Waals surface area contributed by atoms with Crippen molar-refractivity contribution in [3.63, 3.8) is 0 Å². The second-order valence-corrected chi connectivity index (χ2v) is 5.38. The van der Waals surface area contributed by atoms with Gasteiger partial charge >= 0.3 is 0 Å². The smallest absolute Gasteiger partial charge is 0.226 e. The van der Waals surface area contributed by atoms with Gasteiger partial charge in [0.1, 0.15) is 0 Å². The van der Waals surface area contributed by atoms with Crippen LogP contribution >= 0.6 is 0 Å². The monoisotopic (exact) mass is 209 g/mol. The van der Waals surface area contributed by atoms with E-state index in [9.17, 15) is 9.90 Å². The van der Waals surface area contributed by atoms with Gasteiger partial charge in [-0.2, -0.15) is 0 Å². The predicted octanol–water partition coefficient (Wildman–Crippen LogP) is 1.30. The summed E-state index contributed by atoms with van der Waals surface area (Å²) in [7, 11) is 0. The molecular formula is C12H19NO2. The van der Waals surface area contributed by atoms with Crippen LogP contribution in [0.3, 0.4) is 0 Å². The van der Waals surface area contributed by atoms with Gasteiger partial charge in [0.2, 0.25) is 5.91 Å². The molecule has 2 saturated heterocycles. The highest BCUT2D eigenvalue weighted by molar-refractivity contribution is 5.80. The molecule has 3 nitrogen and oxygen atoms in total. The maximum atomic E-state index is 12.2. The number of hydrogen-bond acceptors (Lipinski definition) is 2. The van der Waals surface area contributed by atoms with Crippen LogP contribution in [-0.4, -0.2) is 34.1 Å². The summed E-state index contributed by atoms with van der Waals surface area (Å²) in [5.41, 5.74) is 0. The number of piperidine rings is 1. The molecule has 1 amide bonds. The van der Waals surface area contributed by atoms with E-state index in [4.69, 9.17) is 0 Å². The fourth-order valence-corrected chi connectivity index (χ4v) is 3.37. The number of nitrogens with zero attached hydrogens (tertiary/aromatic N) is 1. The molecule has 2 heterocycles. The summed E-state index contributed by atoms with van der Waals surface area (Å²) in [6, 6.07) is 0.707. The highest BCUT2D eigenvalue weighted by Gasteiger charge is 2.45. The van der Waals surface area contributed by atoms with Crippen molar-refractivity contribution in [2.24, 2.45) is 5.92 Å². The van der Waals surface area contributed by atoms with Crippen LogP contribution in [0, 0.1) is 5.92 Å². The molecule has 2 unspecified atom stereocenters. The fraction of sp³-hybridized carbons (Fsp3) is 0.917. The Balaban J connectivity index is 1.73. The fourth-order valence-electron chi connectivity index (χ4n) is 3.37. The van der Waals surface area contributed by atoms with Gasteiger partial charge in [-0.15, -0.1) is 0 Å². The van der Waals surface area contributed by atoms with E-state index in [1.807, 2.05) is 0 Å². The van der Waals surface area contributed by atoms with Crippen molar-refractivity contribution >= 4 is 5.91 Å². The molecule has 3 fully saturated rings. The molecule has 3 aliphatic rings. The zero-order valence-electron chi connectivity index (χ0n) is 9.06. The lowest BCUT2D eigenvalue weighted by molar-refractivity contribution is -0.144. The molecule has 3 heteroatoms. The molecule has 3 rings (SSSR count). The van der Waals surface area contributed by atoms with Crippen LogP contribution in [-0.2, 0) is 4.79 Å². The number of rotatable bonds is 1. The van der Waals surface area contributed by atoms with E-state index in [-0.39, 0.29) is 6.10 Å². The lowest BCUT2D eigenvalue weighted by Crippen LogP contribution is -2.51. The normalized spacial score (nSPS) is 40.3. The Hall–Kier alpha value is -0.570. The third-order valence-electron chi connectivity index (χ3n) is 4.42. The second kappa shape index (κ2) is 3.48. The first-order valence-electron chi connectivity index (χ1n) is 6.26. The Morgan fingerprint density at radius 2 is 1.67 bits per heavy atom. The number of amides is 1. The lowest BCUT2D eigenvalue weighted by Gasteiger charge is -2.40. The van der Waals surface area contributed by atoms with Crippen LogP contribution < -0.4 is 0 Å². The molecule has 1 saturated carbocycles. The summed E-state index contributed by atoms with van der Waals surface area (Å²) in [6.45, 7) is 0. The summed E-state index contributed by atoms with van der Waals surface area (Å²) in [6.07, 6.45) is 7.11. The van der Waals surface area contributed by atoms with E-state index in [2.05, 4.69) is 4.90 Å². The average Bonchev–Trinajstić information content (AvgIpc) is 2.36. The number of carbonyl (C=O) groups is 1.